The molecule has 2 aromatic rings. The summed E-state index contributed by atoms with van der Waals surface area (Å²) in [6.45, 7) is 4.72. The number of carbonyl (C=O) groups excluding carboxylic acids is 1. The lowest BCUT2D eigenvalue weighted by molar-refractivity contribution is 0.0939. The third kappa shape index (κ3) is 4.75. The summed E-state index contributed by atoms with van der Waals surface area (Å²) in [5, 5.41) is 3.00. The number of carbonyl (C=O) groups is 1. The van der Waals surface area contributed by atoms with Gasteiger partial charge in [0.1, 0.15) is 0 Å². The van der Waals surface area contributed by atoms with Gasteiger partial charge in [-0.2, -0.15) is 0 Å². The van der Waals surface area contributed by atoms with Gasteiger partial charge in [0.25, 0.3) is 5.91 Å². The van der Waals surface area contributed by atoms with Crippen molar-refractivity contribution in [2.24, 2.45) is 0 Å². The van der Waals surface area contributed by atoms with Crippen LogP contribution in [0.2, 0.25) is 0 Å². The lowest BCUT2D eigenvalue weighted by atomic mass is 10.1. The summed E-state index contributed by atoms with van der Waals surface area (Å²) < 4.78 is 11.0. The molecule has 0 aliphatic rings. The van der Waals surface area contributed by atoms with E-state index in [9.17, 15) is 4.79 Å². The van der Waals surface area contributed by atoms with Gasteiger partial charge < -0.3 is 14.8 Å². The van der Waals surface area contributed by atoms with Crippen molar-refractivity contribution in [3.05, 3.63) is 59.7 Å². The summed E-state index contributed by atoms with van der Waals surface area (Å²) in [7, 11) is 1.58. The minimum atomic E-state index is -0.134. The second-order valence-corrected chi connectivity index (χ2v) is 5.67. The van der Waals surface area contributed by atoms with E-state index in [-0.39, 0.29) is 11.9 Å². The summed E-state index contributed by atoms with van der Waals surface area (Å²) in [5.41, 5.74) is 1.62. The standard InChI is InChI=1S/C20H25NO3/c1-4-5-13-24-18-12-11-17(14-19(18)23-3)20(22)21-15(2)16-9-7-6-8-10-16/h6-12,14-15H,4-5,13H2,1-3H3,(H,21,22). The van der Waals surface area contributed by atoms with E-state index in [1.165, 1.54) is 0 Å². The Morgan fingerprint density at radius 2 is 1.88 bits per heavy atom. The maximum absolute atomic E-state index is 12.5. The first-order chi connectivity index (χ1) is 11.7. The molecule has 24 heavy (non-hydrogen) atoms. The van der Waals surface area contributed by atoms with Gasteiger partial charge in [0.05, 0.1) is 19.8 Å². The van der Waals surface area contributed by atoms with E-state index in [2.05, 4.69) is 12.2 Å². The zero-order valence-corrected chi connectivity index (χ0v) is 14.5. The molecule has 4 heteroatoms. The first-order valence-corrected chi connectivity index (χ1v) is 8.32. The van der Waals surface area contributed by atoms with Crippen LogP contribution in [-0.4, -0.2) is 19.6 Å². The van der Waals surface area contributed by atoms with Gasteiger partial charge in [0.2, 0.25) is 0 Å². The summed E-state index contributed by atoms with van der Waals surface area (Å²) in [6, 6.07) is 15.1. The fourth-order valence-corrected chi connectivity index (χ4v) is 2.36. The predicted octanol–water partition coefficient (Wildman–Crippen LogP) is 4.37. The van der Waals surface area contributed by atoms with Crippen LogP contribution in [-0.2, 0) is 0 Å². The quantitative estimate of drug-likeness (QED) is 0.733. The molecule has 0 saturated carbocycles. The fraction of sp³-hybridized carbons (Fsp3) is 0.350. The van der Waals surface area contributed by atoms with Gasteiger partial charge in [-0.25, -0.2) is 0 Å². The summed E-state index contributed by atoms with van der Waals surface area (Å²) in [5.74, 6) is 1.11. The van der Waals surface area contributed by atoms with Gasteiger partial charge in [-0.15, -0.1) is 0 Å². The highest BCUT2D eigenvalue weighted by Crippen LogP contribution is 2.28. The molecule has 0 aliphatic heterocycles. The molecule has 0 bridgehead atoms. The van der Waals surface area contributed by atoms with E-state index in [1.54, 1.807) is 25.3 Å². The lowest BCUT2D eigenvalue weighted by Crippen LogP contribution is -2.26. The van der Waals surface area contributed by atoms with Crippen LogP contribution in [0.1, 0.15) is 48.7 Å². The molecule has 0 heterocycles. The van der Waals surface area contributed by atoms with Gasteiger partial charge in [-0.3, -0.25) is 4.79 Å². The molecule has 2 aromatic carbocycles. The van der Waals surface area contributed by atoms with Gasteiger partial charge in [0, 0.05) is 5.56 Å². The molecular weight excluding hydrogens is 302 g/mol. The minimum Gasteiger partial charge on any atom is -0.493 e. The molecule has 0 saturated heterocycles. The first-order valence-electron chi connectivity index (χ1n) is 8.32. The Bertz CT molecular complexity index is 655. The lowest BCUT2D eigenvalue weighted by Gasteiger charge is -2.16. The third-order valence-electron chi connectivity index (χ3n) is 3.83. The Morgan fingerprint density at radius 3 is 2.54 bits per heavy atom. The number of methoxy groups -OCH3 is 1. The molecule has 0 aliphatic carbocycles. The highest BCUT2D eigenvalue weighted by Gasteiger charge is 2.14. The molecule has 1 N–H and O–H groups in total. The normalized spacial score (nSPS) is 11.6. The van der Waals surface area contributed by atoms with E-state index in [0.717, 1.165) is 18.4 Å². The summed E-state index contributed by atoms with van der Waals surface area (Å²) in [4.78, 5) is 12.5. The molecule has 4 nitrogen and oxygen atoms in total. The third-order valence-corrected chi connectivity index (χ3v) is 3.83. The van der Waals surface area contributed by atoms with Crippen molar-refractivity contribution in [1.29, 1.82) is 0 Å². The van der Waals surface area contributed by atoms with Crippen LogP contribution in [0.3, 0.4) is 0 Å². The topological polar surface area (TPSA) is 47.6 Å². The number of ether oxygens (including phenoxy) is 2. The van der Waals surface area contributed by atoms with Crippen LogP contribution in [0.5, 0.6) is 11.5 Å². The number of hydrogen-bond acceptors (Lipinski definition) is 3. The zero-order valence-electron chi connectivity index (χ0n) is 14.5. The van der Waals surface area contributed by atoms with Gasteiger partial charge in [-0.1, -0.05) is 43.7 Å². The van der Waals surface area contributed by atoms with Crippen LogP contribution in [0, 0.1) is 0 Å². The molecular formula is C20H25NO3. The van der Waals surface area contributed by atoms with Gasteiger partial charge >= 0.3 is 0 Å². The Kier molecular flexibility index (Phi) is 6.67. The zero-order chi connectivity index (χ0) is 17.4. The number of amides is 1. The number of hydrogen-bond donors (Lipinski definition) is 1. The van der Waals surface area contributed by atoms with Gasteiger partial charge in [-0.05, 0) is 37.1 Å². The second kappa shape index (κ2) is 8.96. The number of rotatable bonds is 8. The average molecular weight is 327 g/mol. The van der Waals surface area contributed by atoms with Crippen molar-refractivity contribution in [2.75, 3.05) is 13.7 Å². The van der Waals surface area contributed by atoms with Crippen molar-refractivity contribution in [1.82, 2.24) is 5.32 Å². The van der Waals surface area contributed by atoms with Crippen LogP contribution < -0.4 is 14.8 Å². The maximum atomic E-state index is 12.5. The molecule has 0 aromatic heterocycles. The van der Waals surface area contributed by atoms with E-state index in [0.29, 0.717) is 23.7 Å². The molecule has 1 unspecified atom stereocenters. The van der Waals surface area contributed by atoms with E-state index >= 15 is 0 Å². The predicted molar refractivity (Wildman–Crippen MR) is 95.7 cm³/mol. The molecule has 2 rings (SSSR count). The molecule has 0 fully saturated rings. The Hall–Kier alpha value is -2.49. The highest BCUT2D eigenvalue weighted by atomic mass is 16.5. The fourth-order valence-electron chi connectivity index (χ4n) is 2.36. The maximum Gasteiger partial charge on any atom is 0.251 e. The van der Waals surface area contributed by atoms with E-state index < -0.39 is 0 Å². The van der Waals surface area contributed by atoms with E-state index in [1.807, 2.05) is 37.3 Å². The summed E-state index contributed by atoms with van der Waals surface area (Å²) >= 11 is 0. The molecule has 0 spiro atoms. The number of benzene rings is 2. The van der Waals surface area contributed by atoms with Crippen molar-refractivity contribution in [3.8, 4) is 11.5 Å². The monoisotopic (exact) mass is 327 g/mol. The molecule has 0 radical (unpaired) electrons. The van der Waals surface area contributed by atoms with Crippen molar-refractivity contribution < 1.29 is 14.3 Å². The highest BCUT2D eigenvalue weighted by molar-refractivity contribution is 5.95. The van der Waals surface area contributed by atoms with Crippen LogP contribution in [0.25, 0.3) is 0 Å². The van der Waals surface area contributed by atoms with Crippen molar-refractivity contribution in [3.63, 3.8) is 0 Å². The largest absolute Gasteiger partial charge is 0.493 e. The minimum absolute atomic E-state index is 0.0647. The Labute approximate surface area is 143 Å². The van der Waals surface area contributed by atoms with Crippen LogP contribution in [0.15, 0.2) is 48.5 Å². The Balaban J connectivity index is 2.06. The second-order valence-electron chi connectivity index (χ2n) is 5.67. The number of unbranched alkanes of at least 4 members (excludes halogenated alkanes) is 1. The van der Waals surface area contributed by atoms with Crippen molar-refractivity contribution >= 4 is 5.91 Å². The smallest absolute Gasteiger partial charge is 0.251 e. The average Bonchev–Trinajstić information content (AvgIpc) is 2.62. The van der Waals surface area contributed by atoms with Crippen LogP contribution in [0.4, 0.5) is 0 Å². The Morgan fingerprint density at radius 1 is 1.12 bits per heavy atom. The van der Waals surface area contributed by atoms with Crippen molar-refractivity contribution in [2.45, 2.75) is 32.7 Å². The SMILES string of the molecule is CCCCOc1ccc(C(=O)NC(C)c2ccccc2)cc1OC. The molecule has 1 amide bonds. The summed E-state index contributed by atoms with van der Waals surface area (Å²) in [6.07, 6.45) is 2.06. The number of nitrogens with one attached hydrogen (secondary N) is 1. The van der Waals surface area contributed by atoms with Crippen LogP contribution >= 0.6 is 0 Å². The molecule has 128 valence electrons. The first kappa shape index (κ1) is 17.9. The molecule has 1 atom stereocenters. The van der Waals surface area contributed by atoms with Gasteiger partial charge in [0.15, 0.2) is 11.5 Å². The van der Waals surface area contributed by atoms with E-state index in [4.69, 9.17) is 9.47 Å².